The van der Waals surface area contributed by atoms with Crippen molar-refractivity contribution in [2.75, 3.05) is 19.6 Å². The molecule has 0 aromatic heterocycles. The molecule has 1 rings (SSSR count). The molecule has 1 aliphatic rings. The zero-order valence-corrected chi connectivity index (χ0v) is 10.5. The molecule has 0 radical (unpaired) electrons. The molecule has 15 heavy (non-hydrogen) atoms. The van der Waals surface area contributed by atoms with E-state index in [2.05, 4.69) is 11.8 Å². The predicted molar refractivity (Wildman–Crippen MR) is 65.1 cm³/mol. The van der Waals surface area contributed by atoms with Gasteiger partial charge in [-0.05, 0) is 32.7 Å². The molecule has 0 saturated carbocycles. The number of rotatable bonds is 6. The monoisotopic (exact) mass is 213 g/mol. The molecule has 0 atom stereocenters. The number of nitrogens with zero attached hydrogens (tertiary/aromatic N) is 1. The van der Waals surface area contributed by atoms with Crippen LogP contribution in [-0.4, -0.2) is 35.2 Å². The number of hydrogen-bond donors (Lipinski definition) is 1. The quantitative estimate of drug-likeness (QED) is 0.686. The Morgan fingerprint density at radius 1 is 1.07 bits per heavy atom. The minimum Gasteiger partial charge on any atom is -0.390 e. The summed E-state index contributed by atoms with van der Waals surface area (Å²) in [6.45, 7) is 7.62. The lowest BCUT2D eigenvalue weighted by atomic mass is 9.94. The maximum absolute atomic E-state index is 9.81. The minimum atomic E-state index is -0.390. The first-order valence-electron chi connectivity index (χ1n) is 6.59. The van der Waals surface area contributed by atoms with Crippen LogP contribution in [0.2, 0.25) is 0 Å². The van der Waals surface area contributed by atoms with Gasteiger partial charge in [-0.25, -0.2) is 0 Å². The summed E-state index contributed by atoms with van der Waals surface area (Å²) in [4.78, 5) is 2.50. The van der Waals surface area contributed by atoms with Crippen molar-refractivity contribution in [2.45, 2.75) is 64.4 Å². The van der Waals surface area contributed by atoms with Crippen LogP contribution in [0, 0.1) is 0 Å². The lowest BCUT2D eigenvalue weighted by Crippen LogP contribution is -2.42. The van der Waals surface area contributed by atoms with Crippen molar-refractivity contribution in [2.24, 2.45) is 0 Å². The van der Waals surface area contributed by atoms with Gasteiger partial charge in [0.15, 0.2) is 0 Å². The summed E-state index contributed by atoms with van der Waals surface area (Å²) in [6.07, 6.45) is 8.70. The van der Waals surface area contributed by atoms with Crippen LogP contribution in [0.4, 0.5) is 0 Å². The van der Waals surface area contributed by atoms with E-state index < -0.39 is 5.60 Å². The Hall–Kier alpha value is -0.0800. The Labute approximate surface area is 94.7 Å². The molecule has 1 N–H and O–H groups in total. The van der Waals surface area contributed by atoms with Crippen molar-refractivity contribution in [1.29, 1.82) is 0 Å². The Morgan fingerprint density at radius 2 is 1.67 bits per heavy atom. The average molecular weight is 213 g/mol. The van der Waals surface area contributed by atoms with Crippen molar-refractivity contribution < 1.29 is 5.11 Å². The second kappa shape index (κ2) is 6.49. The summed E-state index contributed by atoms with van der Waals surface area (Å²) in [7, 11) is 0. The van der Waals surface area contributed by atoms with Crippen LogP contribution in [0.3, 0.4) is 0 Å². The summed E-state index contributed by atoms with van der Waals surface area (Å²) in [6, 6.07) is 0. The second-order valence-corrected chi connectivity index (χ2v) is 5.25. The molecule has 90 valence electrons. The Kier molecular flexibility index (Phi) is 5.62. The van der Waals surface area contributed by atoms with Gasteiger partial charge in [-0.15, -0.1) is 0 Å². The van der Waals surface area contributed by atoms with E-state index in [0.29, 0.717) is 0 Å². The maximum Gasteiger partial charge on any atom is 0.0644 e. The van der Waals surface area contributed by atoms with Crippen LogP contribution < -0.4 is 0 Å². The topological polar surface area (TPSA) is 23.5 Å². The van der Waals surface area contributed by atoms with Crippen LogP contribution in [-0.2, 0) is 0 Å². The molecule has 0 aromatic rings. The van der Waals surface area contributed by atoms with Gasteiger partial charge in [0.25, 0.3) is 0 Å². The first-order valence-corrected chi connectivity index (χ1v) is 6.59. The number of likely N-dealkylation sites (tertiary alicyclic amines) is 1. The number of unbranched alkanes of at least 4 members (excludes halogenated alkanes) is 4. The van der Waals surface area contributed by atoms with Crippen molar-refractivity contribution in [3.05, 3.63) is 0 Å². The first kappa shape index (κ1) is 13.0. The summed E-state index contributed by atoms with van der Waals surface area (Å²) >= 11 is 0. The van der Waals surface area contributed by atoms with Crippen molar-refractivity contribution in [3.63, 3.8) is 0 Å². The molecule has 0 amide bonds. The number of aliphatic hydroxyl groups is 1. The van der Waals surface area contributed by atoms with Gasteiger partial charge in [0.1, 0.15) is 0 Å². The lowest BCUT2D eigenvalue weighted by Gasteiger charge is -2.35. The lowest BCUT2D eigenvalue weighted by molar-refractivity contribution is -0.00554. The van der Waals surface area contributed by atoms with Crippen LogP contribution in [0.25, 0.3) is 0 Å². The molecule has 0 aliphatic carbocycles. The summed E-state index contributed by atoms with van der Waals surface area (Å²) in [5.41, 5.74) is -0.390. The van der Waals surface area contributed by atoms with Gasteiger partial charge in [0, 0.05) is 13.1 Å². The zero-order valence-electron chi connectivity index (χ0n) is 10.5. The highest BCUT2D eigenvalue weighted by atomic mass is 16.3. The van der Waals surface area contributed by atoms with E-state index in [9.17, 15) is 5.11 Å². The third-order valence-electron chi connectivity index (χ3n) is 3.51. The smallest absolute Gasteiger partial charge is 0.0644 e. The fraction of sp³-hybridized carbons (Fsp3) is 1.00. The highest BCUT2D eigenvalue weighted by Crippen LogP contribution is 2.21. The van der Waals surface area contributed by atoms with Gasteiger partial charge in [-0.3, -0.25) is 0 Å². The maximum atomic E-state index is 9.81. The van der Waals surface area contributed by atoms with E-state index in [4.69, 9.17) is 0 Å². The second-order valence-electron chi connectivity index (χ2n) is 5.25. The molecule has 2 nitrogen and oxygen atoms in total. The third-order valence-corrected chi connectivity index (χ3v) is 3.51. The van der Waals surface area contributed by atoms with E-state index >= 15 is 0 Å². The van der Waals surface area contributed by atoms with Gasteiger partial charge < -0.3 is 10.0 Å². The molecule has 1 saturated heterocycles. The van der Waals surface area contributed by atoms with Crippen LogP contribution >= 0.6 is 0 Å². The summed E-state index contributed by atoms with van der Waals surface area (Å²) in [5.74, 6) is 0. The minimum absolute atomic E-state index is 0.390. The Bertz CT molecular complexity index is 158. The molecular formula is C13H27NO. The van der Waals surface area contributed by atoms with Crippen LogP contribution in [0.1, 0.15) is 58.8 Å². The van der Waals surface area contributed by atoms with Crippen molar-refractivity contribution in [3.8, 4) is 0 Å². The number of hydrogen-bond acceptors (Lipinski definition) is 2. The molecule has 1 heterocycles. The van der Waals surface area contributed by atoms with Gasteiger partial charge in [0.05, 0.1) is 5.60 Å². The number of piperidine rings is 1. The van der Waals surface area contributed by atoms with E-state index in [-0.39, 0.29) is 0 Å². The largest absolute Gasteiger partial charge is 0.390 e. The van der Waals surface area contributed by atoms with Crippen LogP contribution in [0.5, 0.6) is 0 Å². The predicted octanol–water partition coefficient (Wildman–Crippen LogP) is 2.80. The standard InChI is InChI=1S/C13H27NO/c1-3-4-5-6-7-10-14-11-8-13(2,15)9-12-14/h15H,3-12H2,1-2H3. The molecule has 1 aliphatic heterocycles. The SMILES string of the molecule is CCCCCCCN1CCC(C)(O)CC1. The molecular weight excluding hydrogens is 186 g/mol. The summed E-state index contributed by atoms with van der Waals surface area (Å²) in [5, 5.41) is 9.81. The summed E-state index contributed by atoms with van der Waals surface area (Å²) < 4.78 is 0. The van der Waals surface area contributed by atoms with Gasteiger partial charge in [0.2, 0.25) is 0 Å². The van der Waals surface area contributed by atoms with Crippen molar-refractivity contribution in [1.82, 2.24) is 4.90 Å². The third kappa shape index (κ3) is 5.53. The van der Waals surface area contributed by atoms with E-state index in [0.717, 1.165) is 25.9 Å². The molecule has 0 aromatic carbocycles. The molecule has 2 heteroatoms. The highest BCUT2D eigenvalue weighted by Gasteiger charge is 2.26. The molecule has 0 spiro atoms. The molecule has 0 bridgehead atoms. The van der Waals surface area contributed by atoms with Crippen LogP contribution in [0.15, 0.2) is 0 Å². The average Bonchev–Trinajstić information content (AvgIpc) is 2.20. The zero-order chi connectivity index (χ0) is 11.1. The Balaban J connectivity index is 1.99. The van der Waals surface area contributed by atoms with Gasteiger partial charge in [-0.2, -0.15) is 0 Å². The molecule has 0 unspecified atom stereocenters. The Morgan fingerprint density at radius 3 is 2.27 bits per heavy atom. The first-order chi connectivity index (χ1) is 7.14. The highest BCUT2D eigenvalue weighted by molar-refractivity contribution is 4.81. The van der Waals surface area contributed by atoms with E-state index in [1.54, 1.807) is 0 Å². The fourth-order valence-corrected chi connectivity index (χ4v) is 2.20. The normalized spacial score (nSPS) is 21.8. The van der Waals surface area contributed by atoms with E-state index in [1.807, 2.05) is 6.92 Å². The van der Waals surface area contributed by atoms with Gasteiger partial charge in [-0.1, -0.05) is 32.6 Å². The van der Waals surface area contributed by atoms with Gasteiger partial charge >= 0.3 is 0 Å². The fourth-order valence-electron chi connectivity index (χ4n) is 2.20. The van der Waals surface area contributed by atoms with Crippen molar-refractivity contribution >= 4 is 0 Å². The van der Waals surface area contributed by atoms with E-state index in [1.165, 1.54) is 38.6 Å². The molecule has 1 fully saturated rings.